The van der Waals surface area contributed by atoms with Gasteiger partial charge in [-0.25, -0.2) is 18.1 Å². The molecular formula is C24H23N3O4S. The monoisotopic (exact) mass is 449 g/mol. The largest absolute Gasteiger partial charge is 0.332 e. The van der Waals surface area contributed by atoms with Gasteiger partial charge in [0, 0.05) is 31.6 Å². The van der Waals surface area contributed by atoms with Gasteiger partial charge in [0.1, 0.15) is 6.04 Å². The van der Waals surface area contributed by atoms with E-state index in [9.17, 15) is 18.0 Å². The third kappa shape index (κ3) is 3.55. The molecule has 0 aromatic heterocycles. The van der Waals surface area contributed by atoms with E-state index in [-0.39, 0.29) is 17.7 Å². The van der Waals surface area contributed by atoms with Gasteiger partial charge in [-0.1, -0.05) is 54.6 Å². The van der Waals surface area contributed by atoms with E-state index in [1.54, 1.807) is 41.3 Å². The topological polar surface area (TPSA) is 78.0 Å². The molecule has 32 heavy (non-hydrogen) atoms. The van der Waals surface area contributed by atoms with Gasteiger partial charge in [0.25, 0.3) is 5.91 Å². The highest BCUT2D eigenvalue weighted by Gasteiger charge is 2.48. The predicted octanol–water partition coefficient (Wildman–Crippen LogP) is 2.77. The molecule has 0 radical (unpaired) electrons. The van der Waals surface area contributed by atoms with Crippen LogP contribution < -0.4 is 4.90 Å². The Kier molecular flexibility index (Phi) is 5.19. The highest BCUT2D eigenvalue weighted by molar-refractivity contribution is 7.91. The maximum absolute atomic E-state index is 13.3. The van der Waals surface area contributed by atoms with Crippen LogP contribution in [0.2, 0.25) is 0 Å². The molecule has 7 nitrogen and oxygen atoms in total. The van der Waals surface area contributed by atoms with Crippen LogP contribution in [0.5, 0.6) is 0 Å². The first-order valence-electron chi connectivity index (χ1n) is 10.6. The van der Waals surface area contributed by atoms with Crippen LogP contribution in [0, 0.1) is 0 Å². The number of urea groups is 1. The average Bonchev–Trinajstić information content (AvgIpc) is 3.07. The van der Waals surface area contributed by atoms with Crippen molar-refractivity contribution in [1.29, 1.82) is 0 Å². The number of rotatable bonds is 5. The molecule has 164 valence electrons. The second kappa shape index (κ2) is 8.03. The molecule has 2 heterocycles. The van der Waals surface area contributed by atoms with E-state index in [0.29, 0.717) is 36.8 Å². The van der Waals surface area contributed by atoms with Gasteiger partial charge in [0.15, 0.2) is 9.84 Å². The third-order valence-electron chi connectivity index (χ3n) is 6.19. The zero-order valence-electron chi connectivity index (χ0n) is 17.4. The molecule has 0 aliphatic carbocycles. The summed E-state index contributed by atoms with van der Waals surface area (Å²) in [6.45, 7) is 1.57. The molecule has 0 saturated carbocycles. The number of anilines is 1. The molecule has 0 spiro atoms. The predicted molar refractivity (Wildman–Crippen MR) is 122 cm³/mol. The fourth-order valence-corrected chi connectivity index (χ4v) is 5.78. The van der Waals surface area contributed by atoms with Crippen molar-refractivity contribution in [2.45, 2.75) is 10.9 Å². The van der Waals surface area contributed by atoms with E-state index in [1.165, 1.54) is 4.90 Å². The number of sulfone groups is 1. The molecule has 3 aromatic carbocycles. The van der Waals surface area contributed by atoms with Crippen molar-refractivity contribution in [2.75, 3.05) is 36.8 Å². The van der Waals surface area contributed by atoms with Crippen LogP contribution in [0.25, 0.3) is 10.8 Å². The van der Waals surface area contributed by atoms with Crippen molar-refractivity contribution >= 4 is 38.2 Å². The summed E-state index contributed by atoms with van der Waals surface area (Å²) in [6, 6.07) is 20.7. The Labute approximate surface area is 186 Å². The number of amides is 3. The highest BCUT2D eigenvalue weighted by Crippen LogP contribution is 2.33. The number of hydrogen-bond acceptors (Lipinski definition) is 5. The van der Waals surface area contributed by atoms with E-state index in [4.69, 9.17) is 0 Å². The molecule has 1 atom stereocenters. The molecule has 3 aromatic rings. The third-order valence-corrected chi connectivity index (χ3v) is 7.90. The summed E-state index contributed by atoms with van der Waals surface area (Å²) in [7, 11) is -3.40. The minimum absolute atomic E-state index is 0.0289. The standard InChI is InChI=1S/C24H23N3O4S/c28-23-22-17-25(15-16-32(30,31)19-9-2-1-3-10-19)13-14-26(22)24(29)27(23)21-12-6-8-18-7-4-5-11-20(18)21/h1-12,22H,13-17H2. The second-order valence-electron chi connectivity index (χ2n) is 8.10. The van der Waals surface area contributed by atoms with Crippen LogP contribution in [0.3, 0.4) is 0 Å². The lowest BCUT2D eigenvalue weighted by Gasteiger charge is -2.35. The first kappa shape index (κ1) is 20.7. The van der Waals surface area contributed by atoms with Crippen molar-refractivity contribution < 1.29 is 18.0 Å². The summed E-state index contributed by atoms with van der Waals surface area (Å²) in [5, 5.41) is 1.81. The van der Waals surface area contributed by atoms with Gasteiger partial charge in [-0.2, -0.15) is 0 Å². The van der Waals surface area contributed by atoms with Gasteiger partial charge in [-0.15, -0.1) is 0 Å². The quantitative estimate of drug-likeness (QED) is 0.560. The maximum Gasteiger partial charge on any atom is 0.332 e. The number of nitrogens with zero attached hydrogens (tertiary/aromatic N) is 3. The van der Waals surface area contributed by atoms with Crippen molar-refractivity contribution in [3.63, 3.8) is 0 Å². The van der Waals surface area contributed by atoms with E-state index in [2.05, 4.69) is 0 Å². The zero-order valence-corrected chi connectivity index (χ0v) is 18.2. The molecule has 2 aliphatic heterocycles. The number of fused-ring (bicyclic) bond motifs is 2. The van der Waals surface area contributed by atoms with Crippen molar-refractivity contribution in [1.82, 2.24) is 9.80 Å². The number of benzene rings is 3. The Bertz CT molecular complexity index is 1290. The summed E-state index contributed by atoms with van der Waals surface area (Å²) < 4.78 is 25.2. The summed E-state index contributed by atoms with van der Waals surface area (Å²) in [5.41, 5.74) is 0.589. The summed E-state index contributed by atoms with van der Waals surface area (Å²) >= 11 is 0. The van der Waals surface area contributed by atoms with Gasteiger partial charge < -0.3 is 4.90 Å². The van der Waals surface area contributed by atoms with Crippen LogP contribution in [-0.2, 0) is 14.6 Å². The van der Waals surface area contributed by atoms with Crippen molar-refractivity contribution in [2.24, 2.45) is 0 Å². The van der Waals surface area contributed by atoms with Crippen LogP contribution in [-0.4, -0.2) is 68.1 Å². The van der Waals surface area contributed by atoms with Gasteiger partial charge in [-0.3, -0.25) is 9.69 Å². The van der Waals surface area contributed by atoms with Crippen LogP contribution >= 0.6 is 0 Å². The van der Waals surface area contributed by atoms with E-state index >= 15 is 0 Å². The van der Waals surface area contributed by atoms with Crippen molar-refractivity contribution in [3.05, 3.63) is 72.8 Å². The Morgan fingerprint density at radius 3 is 2.38 bits per heavy atom. The number of carbonyl (C=O) groups excluding carboxylic acids is 2. The van der Waals surface area contributed by atoms with E-state index in [1.807, 2.05) is 41.3 Å². The number of hydrogen-bond donors (Lipinski definition) is 0. The Morgan fingerprint density at radius 2 is 1.56 bits per heavy atom. The smallest absolute Gasteiger partial charge is 0.309 e. The van der Waals surface area contributed by atoms with Crippen LogP contribution in [0.15, 0.2) is 77.7 Å². The second-order valence-corrected chi connectivity index (χ2v) is 10.2. The molecule has 2 saturated heterocycles. The fraction of sp³-hybridized carbons (Fsp3) is 0.250. The highest BCUT2D eigenvalue weighted by atomic mass is 32.2. The molecule has 0 bridgehead atoms. The molecular weight excluding hydrogens is 426 g/mol. The molecule has 3 amide bonds. The molecule has 5 rings (SSSR count). The number of carbonyl (C=O) groups is 2. The molecule has 0 N–H and O–H groups in total. The Balaban J connectivity index is 1.33. The minimum Gasteiger partial charge on any atom is -0.309 e. The lowest BCUT2D eigenvalue weighted by molar-refractivity contribution is -0.121. The molecule has 8 heteroatoms. The molecule has 2 fully saturated rings. The lowest BCUT2D eigenvalue weighted by Crippen LogP contribution is -2.53. The normalized spacial score (nSPS) is 19.6. The first-order valence-corrected chi connectivity index (χ1v) is 12.2. The first-order chi connectivity index (χ1) is 15.5. The summed E-state index contributed by atoms with van der Waals surface area (Å²) in [4.78, 5) is 31.5. The average molecular weight is 450 g/mol. The van der Waals surface area contributed by atoms with E-state index in [0.717, 1.165) is 10.8 Å². The van der Waals surface area contributed by atoms with Crippen LogP contribution in [0.4, 0.5) is 10.5 Å². The summed E-state index contributed by atoms with van der Waals surface area (Å²) in [5.74, 6) is -0.291. The van der Waals surface area contributed by atoms with Gasteiger partial charge in [-0.05, 0) is 23.6 Å². The van der Waals surface area contributed by atoms with Gasteiger partial charge in [0.05, 0.1) is 16.3 Å². The summed E-state index contributed by atoms with van der Waals surface area (Å²) in [6.07, 6.45) is 0. The van der Waals surface area contributed by atoms with Gasteiger partial charge >= 0.3 is 6.03 Å². The SMILES string of the molecule is O=C1C2CN(CCS(=O)(=O)c3ccccc3)CCN2C(=O)N1c1cccc2ccccc12. The van der Waals surface area contributed by atoms with Crippen LogP contribution in [0.1, 0.15) is 0 Å². The lowest BCUT2D eigenvalue weighted by atomic mass is 10.1. The number of imide groups is 1. The van der Waals surface area contributed by atoms with Crippen molar-refractivity contribution in [3.8, 4) is 0 Å². The molecule has 2 aliphatic rings. The van der Waals surface area contributed by atoms with Gasteiger partial charge in [0.2, 0.25) is 0 Å². The maximum atomic E-state index is 13.3. The number of piperazine rings is 1. The Hall–Kier alpha value is -3.23. The van der Waals surface area contributed by atoms with E-state index < -0.39 is 15.9 Å². The Morgan fingerprint density at radius 1 is 0.844 bits per heavy atom. The fourth-order valence-electron chi connectivity index (χ4n) is 4.47. The zero-order chi connectivity index (χ0) is 22.3. The molecule has 1 unspecified atom stereocenters. The minimum atomic E-state index is -3.40.